The highest BCUT2D eigenvalue weighted by molar-refractivity contribution is 5.65. The number of pyridine rings is 1. The summed E-state index contributed by atoms with van der Waals surface area (Å²) in [4.78, 5) is 24.7. The number of hydrogen-bond donors (Lipinski definition) is 2. The number of aryl methyl sites for hydroxylation is 2. The van der Waals surface area contributed by atoms with Crippen molar-refractivity contribution >= 4 is 6.47 Å². The van der Waals surface area contributed by atoms with Gasteiger partial charge in [-0.3, -0.25) is 9.78 Å². The monoisotopic (exact) mass is 375 g/mol. The van der Waals surface area contributed by atoms with Gasteiger partial charge in [-0.05, 0) is 18.6 Å². The molecular formula is C21H21N5O2. The van der Waals surface area contributed by atoms with Crippen molar-refractivity contribution in [3.8, 4) is 22.6 Å². The Morgan fingerprint density at radius 3 is 2.43 bits per heavy atom. The van der Waals surface area contributed by atoms with Crippen molar-refractivity contribution in [2.75, 3.05) is 0 Å². The molecule has 0 saturated heterocycles. The summed E-state index contributed by atoms with van der Waals surface area (Å²) >= 11 is 0. The van der Waals surface area contributed by atoms with Gasteiger partial charge < -0.3 is 14.7 Å². The molecule has 28 heavy (non-hydrogen) atoms. The number of aromatic amines is 1. The third-order valence-electron chi connectivity index (χ3n) is 4.19. The normalized spacial score (nSPS) is 10.1. The molecule has 0 aliphatic carbocycles. The lowest BCUT2D eigenvalue weighted by Gasteiger charge is -2.08. The average Bonchev–Trinajstić information content (AvgIpc) is 3.42. The van der Waals surface area contributed by atoms with Crippen LogP contribution in [-0.2, 0) is 17.8 Å². The van der Waals surface area contributed by atoms with Crippen LogP contribution in [0.1, 0.15) is 12.2 Å². The highest BCUT2D eigenvalue weighted by Gasteiger charge is 2.07. The van der Waals surface area contributed by atoms with E-state index in [4.69, 9.17) is 9.90 Å². The topological polar surface area (TPSA) is 96.7 Å². The third-order valence-corrected chi connectivity index (χ3v) is 4.19. The lowest BCUT2D eigenvalue weighted by molar-refractivity contribution is -0.122. The minimum atomic E-state index is -0.250. The predicted octanol–water partition coefficient (Wildman–Crippen LogP) is 3.67. The first-order chi connectivity index (χ1) is 13.8. The number of carboxylic acid groups (broad SMARTS) is 1. The Labute approximate surface area is 162 Å². The molecule has 0 radical (unpaired) electrons. The molecule has 0 saturated carbocycles. The molecule has 3 heterocycles. The van der Waals surface area contributed by atoms with E-state index in [0.717, 1.165) is 47.9 Å². The predicted molar refractivity (Wildman–Crippen MR) is 106 cm³/mol. The summed E-state index contributed by atoms with van der Waals surface area (Å²) in [7, 11) is 0. The van der Waals surface area contributed by atoms with E-state index in [1.165, 1.54) is 0 Å². The van der Waals surface area contributed by atoms with E-state index in [2.05, 4.69) is 48.8 Å². The van der Waals surface area contributed by atoms with E-state index in [-0.39, 0.29) is 6.47 Å². The Balaban J connectivity index is 0.000000706. The SMILES string of the molecule is O=CO.c1ccc(-c2ccc(-c3nccn3CCCc3ncc[nH]3)cc2)nc1. The maximum atomic E-state index is 8.36. The van der Waals surface area contributed by atoms with Crippen molar-refractivity contribution in [1.82, 2.24) is 24.5 Å². The molecule has 4 aromatic rings. The van der Waals surface area contributed by atoms with E-state index in [0.29, 0.717) is 0 Å². The smallest absolute Gasteiger partial charge is 0.290 e. The van der Waals surface area contributed by atoms with Crippen LogP contribution in [0, 0.1) is 0 Å². The van der Waals surface area contributed by atoms with Gasteiger partial charge in [0.2, 0.25) is 0 Å². The second-order valence-corrected chi connectivity index (χ2v) is 5.98. The van der Waals surface area contributed by atoms with Gasteiger partial charge in [0.25, 0.3) is 6.47 Å². The molecule has 3 aromatic heterocycles. The van der Waals surface area contributed by atoms with E-state index >= 15 is 0 Å². The number of aromatic nitrogens is 5. The van der Waals surface area contributed by atoms with Gasteiger partial charge in [-0.25, -0.2) is 9.97 Å². The molecule has 4 rings (SSSR count). The van der Waals surface area contributed by atoms with Crippen LogP contribution in [-0.4, -0.2) is 36.1 Å². The first kappa shape index (κ1) is 19.0. The van der Waals surface area contributed by atoms with Gasteiger partial charge in [-0.15, -0.1) is 0 Å². The molecule has 142 valence electrons. The Kier molecular flexibility index (Phi) is 6.67. The highest BCUT2D eigenvalue weighted by atomic mass is 16.3. The maximum absolute atomic E-state index is 8.36. The first-order valence-electron chi connectivity index (χ1n) is 8.91. The van der Waals surface area contributed by atoms with Crippen molar-refractivity contribution in [1.29, 1.82) is 0 Å². The molecule has 0 atom stereocenters. The molecule has 1 aromatic carbocycles. The Morgan fingerprint density at radius 2 is 1.75 bits per heavy atom. The van der Waals surface area contributed by atoms with Gasteiger partial charge in [0, 0.05) is 55.1 Å². The average molecular weight is 375 g/mol. The molecule has 0 aliphatic heterocycles. The molecule has 0 amide bonds. The second kappa shape index (κ2) is 9.82. The van der Waals surface area contributed by atoms with E-state index < -0.39 is 0 Å². The van der Waals surface area contributed by atoms with Crippen LogP contribution < -0.4 is 0 Å². The van der Waals surface area contributed by atoms with Gasteiger partial charge in [0.05, 0.1) is 5.69 Å². The molecule has 0 spiro atoms. The lowest BCUT2D eigenvalue weighted by Crippen LogP contribution is -2.01. The van der Waals surface area contributed by atoms with E-state index in [1.54, 1.807) is 6.20 Å². The Morgan fingerprint density at radius 1 is 0.964 bits per heavy atom. The number of hydrogen-bond acceptors (Lipinski definition) is 4. The minimum absolute atomic E-state index is 0.250. The number of nitrogens with zero attached hydrogens (tertiary/aromatic N) is 4. The summed E-state index contributed by atoms with van der Waals surface area (Å²) in [6.07, 6.45) is 11.3. The van der Waals surface area contributed by atoms with Crippen LogP contribution in [0.25, 0.3) is 22.6 Å². The van der Waals surface area contributed by atoms with E-state index in [1.807, 2.05) is 43.0 Å². The van der Waals surface area contributed by atoms with Crippen LogP contribution >= 0.6 is 0 Å². The standard InChI is InChI=1S/C20H19N5.CH2O2/c1-2-10-21-18(4-1)16-6-8-17(9-7-16)20-24-13-15-25(20)14-3-5-19-22-11-12-23-19;2-1-3/h1-2,4,6-13,15H,3,5,14H2,(H,22,23);1H,(H,2,3). The van der Waals surface area contributed by atoms with Gasteiger partial charge >= 0.3 is 0 Å². The fourth-order valence-corrected chi connectivity index (χ4v) is 2.93. The fraction of sp³-hybridized carbons (Fsp3) is 0.143. The first-order valence-corrected chi connectivity index (χ1v) is 8.91. The van der Waals surface area contributed by atoms with Gasteiger partial charge in [-0.2, -0.15) is 0 Å². The number of benzene rings is 1. The number of carbonyl (C=O) groups is 1. The quantitative estimate of drug-likeness (QED) is 0.501. The number of nitrogens with one attached hydrogen (secondary N) is 1. The molecule has 7 nitrogen and oxygen atoms in total. The van der Waals surface area contributed by atoms with Crippen molar-refractivity contribution in [2.45, 2.75) is 19.4 Å². The zero-order valence-corrected chi connectivity index (χ0v) is 15.3. The largest absolute Gasteiger partial charge is 0.483 e. The number of rotatable bonds is 6. The molecule has 0 bridgehead atoms. The lowest BCUT2D eigenvalue weighted by atomic mass is 10.1. The summed E-state index contributed by atoms with van der Waals surface area (Å²) in [5.74, 6) is 2.02. The highest BCUT2D eigenvalue weighted by Crippen LogP contribution is 2.23. The Hall–Kier alpha value is -3.74. The van der Waals surface area contributed by atoms with Crippen molar-refractivity contribution in [2.24, 2.45) is 0 Å². The van der Waals surface area contributed by atoms with Gasteiger partial charge in [-0.1, -0.05) is 30.3 Å². The molecule has 0 unspecified atom stereocenters. The van der Waals surface area contributed by atoms with Gasteiger partial charge in [0.1, 0.15) is 11.6 Å². The van der Waals surface area contributed by atoms with Crippen molar-refractivity contribution < 1.29 is 9.90 Å². The van der Waals surface area contributed by atoms with Gasteiger partial charge in [0.15, 0.2) is 0 Å². The summed E-state index contributed by atoms with van der Waals surface area (Å²) in [6, 6.07) is 14.4. The second-order valence-electron chi connectivity index (χ2n) is 5.98. The summed E-state index contributed by atoms with van der Waals surface area (Å²) in [5, 5.41) is 6.89. The number of H-pyrrole nitrogens is 1. The molecule has 0 fully saturated rings. The summed E-state index contributed by atoms with van der Waals surface area (Å²) in [6.45, 7) is 0.665. The molecule has 7 heteroatoms. The summed E-state index contributed by atoms with van der Waals surface area (Å²) < 4.78 is 2.19. The molecule has 2 N–H and O–H groups in total. The van der Waals surface area contributed by atoms with Crippen molar-refractivity contribution in [3.63, 3.8) is 0 Å². The minimum Gasteiger partial charge on any atom is -0.483 e. The van der Waals surface area contributed by atoms with Crippen molar-refractivity contribution in [3.05, 3.63) is 79.3 Å². The zero-order valence-electron chi connectivity index (χ0n) is 15.3. The summed E-state index contributed by atoms with van der Waals surface area (Å²) in [5.41, 5.74) is 3.21. The Bertz CT molecular complexity index is 964. The van der Waals surface area contributed by atoms with Crippen LogP contribution in [0.5, 0.6) is 0 Å². The van der Waals surface area contributed by atoms with Crippen LogP contribution in [0.15, 0.2) is 73.4 Å². The van der Waals surface area contributed by atoms with Crippen LogP contribution in [0.2, 0.25) is 0 Å². The third kappa shape index (κ3) is 4.91. The van der Waals surface area contributed by atoms with Crippen LogP contribution in [0.4, 0.5) is 0 Å². The molecular weight excluding hydrogens is 354 g/mol. The molecule has 0 aliphatic rings. The fourth-order valence-electron chi connectivity index (χ4n) is 2.93. The van der Waals surface area contributed by atoms with E-state index in [9.17, 15) is 0 Å². The maximum Gasteiger partial charge on any atom is 0.290 e. The van der Waals surface area contributed by atoms with Crippen LogP contribution in [0.3, 0.4) is 0 Å². The zero-order chi connectivity index (χ0) is 19.6. The number of imidazole rings is 2.